The molecule has 22 heavy (non-hydrogen) atoms. The van der Waals surface area contributed by atoms with Crippen LogP contribution in [-0.4, -0.2) is 43.9 Å². The maximum absolute atomic E-state index is 9.01. The van der Waals surface area contributed by atoms with Crippen LogP contribution in [-0.2, 0) is 0 Å². The van der Waals surface area contributed by atoms with Crippen molar-refractivity contribution in [3.63, 3.8) is 0 Å². The zero-order chi connectivity index (χ0) is 15.5. The van der Waals surface area contributed by atoms with Gasteiger partial charge in [-0.3, -0.25) is 4.99 Å². The van der Waals surface area contributed by atoms with Crippen LogP contribution in [0.1, 0.15) is 19.4 Å². The van der Waals surface area contributed by atoms with Crippen LogP contribution in [0.3, 0.4) is 0 Å². The van der Waals surface area contributed by atoms with Crippen LogP contribution < -0.4 is 15.4 Å². The predicted molar refractivity (Wildman–Crippen MR) is 102 cm³/mol. The summed E-state index contributed by atoms with van der Waals surface area (Å²) in [7, 11) is 0. The van der Waals surface area contributed by atoms with Gasteiger partial charge in [0.2, 0.25) is 0 Å². The molecule has 1 unspecified atom stereocenters. The Morgan fingerprint density at radius 2 is 1.95 bits per heavy atom. The molecule has 3 N–H and O–H groups in total. The van der Waals surface area contributed by atoms with Gasteiger partial charge in [-0.1, -0.05) is 24.6 Å². The van der Waals surface area contributed by atoms with Crippen LogP contribution in [0.4, 0.5) is 0 Å². The van der Waals surface area contributed by atoms with Gasteiger partial charge < -0.3 is 20.5 Å². The fourth-order valence-electron chi connectivity index (χ4n) is 1.62. The minimum absolute atomic E-state index is 0. The lowest BCUT2D eigenvalue weighted by Gasteiger charge is -2.13. The Morgan fingerprint density at radius 3 is 2.55 bits per heavy atom. The van der Waals surface area contributed by atoms with E-state index in [0.717, 1.165) is 18.3 Å². The SMILES string of the molecule is CCNC(=NCC(C)CO)NCCOc1ccc(C)cc1.I. The summed E-state index contributed by atoms with van der Waals surface area (Å²) in [6.45, 7) is 8.85. The molecule has 5 nitrogen and oxygen atoms in total. The van der Waals surface area contributed by atoms with Crippen molar-refractivity contribution in [2.75, 3.05) is 32.8 Å². The maximum Gasteiger partial charge on any atom is 0.191 e. The molecule has 0 aliphatic carbocycles. The smallest absolute Gasteiger partial charge is 0.191 e. The van der Waals surface area contributed by atoms with Crippen molar-refractivity contribution in [2.45, 2.75) is 20.8 Å². The lowest BCUT2D eigenvalue weighted by molar-refractivity contribution is 0.241. The van der Waals surface area contributed by atoms with Crippen molar-refractivity contribution < 1.29 is 9.84 Å². The molecule has 126 valence electrons. The Labute approximate surface area is 150 Å². The fraction of sp³-hybridized carbons (Fsp3) is 0.562. The summed E-state index contributed by atoms with van der Waals surface area (Å²) in [6, 6.07) is 8.00. The number of nitrogens with one attached hydrogen (secondary N) is 2. The number of guanidine groups is 1. The average Bonchev–Trinajstić information content (AvgIpc) is 2.50. The van der Waals surface area contributed by atoms with Gasteiger partial charge in [0.15, 0.2) is 5.96 Å². The first kappa shape index (κ1) is 21.0. The van der Waals surface area contributed by atoms with Crippen LogP contribution in [0.2, 0.25) is 0 Å². The van der Waals surface area contributed by atoms with E-state index in [1.54, 1.807) is 0 Å². The number of hydrogen-bond donors (Lipinski definition) is 3. The summed E-state index contributed by atoms with van der Waals surface area (Å²) in [5, 5.41) is 15.4. The van der Waals surface area contributed by atoms with E-state index in [1.807, 2.05) is 38.1 Å². The number of benzene rings is 1. The molecule has 0 spiro atoms. The van der Waals surface area contributed by atoms with Crippen LogP contribution >= 0.6 is 24.0 Å². The maximum atomic E-state index is 9.01. The molecule has 1 rings (SSSR count). The number of rotatable bonds is 8. The molecule has 0 aliphatic heterocycles. The lowest BCUT2D eigenvalue weighted by atomic mass is 10.2. The van der Waals surface area contributed by atoms with E-state index in [4.69, 9.17) is 9.84 Å². The van der Waals surface area contributed by atoms with Gasteiger partial charge in [-0.25, -0.2) is 0 Å². The third-order valence-electron chi connectivity index (χ3n) is 2.90. The molecule has 0 amide bonds. The largest absolute Gasteiger partial charge is 0.492 e. The fourth-order valence-corrected chi connectivity index (χ4v) is 1.62. The van der Waals surface area contributed by atoms with E-state index in [9.17, 15) is 0 Å². The predicted octanol–water partition coefficient (Wildman–Crippen LogP) is 2.18. The van der Waals surface area contributed by atoms with E-state index >= 15 is 0 Å². The van der Waals surface area contributed by atoms with Crippen LogP contribution in [0.25, 0.3) is 0 Å². The van der Waals surface area contributed by atoms with Crippen molar-refractivity contribution in [2.24, 2.45) is 10.9 Å². The van der Waals surface area contributed by atoms with Crippen molar-refractivity contribution in [1.29, 1.82) is 0 Å². The average molecular weight is 421 g/mol. The number of ether oxygens (including phenoxy) is 1. The molecular weight excluding hydrogens is 393 g/mol. The molecule has 0 aliphatic rings. The Morgan fingerprint density at radius 1 is 1.27 bits per heavy atom. The Bertz CT molecular complexity index is 424. The van der Waals surface area contributed by atoms with Gasteiger partial charge in [0.1, 0.15) is 12.4 Å². The molecule has 1 aromatic carbocycles. The Balaban J connectivity index is 0.00000441. The highest BCUT2D eigenvalue weighted by atomic mass is 127. The van der Waals surface area contributed by atoms with Gasteiger partial charge in [-0.15, -0.1) is 24.0 Å². The summed E-state index contributed by atoms with van der Waals surface area (Å²) in [5.74, 6) is 1.80. The normalized spacial score (nSPS) is 12.3. The zero-order valence-corrected chi connectivity index (χ0v) is 16.0. The quantitative estimate of drug-likeness (QED) is 0.261. The zero-order valence-electron chi connectivity index (χ0n) is 13.6. The minimum Gasteiger partial charge on any atom is -0.492 e. The topological polar surface area (TPSA) is 65.9 Å². The summed E-state index contributed by atoms with van der Waals surface area (Å²) < 4.78 is 5.65. The van der Waals surface area contributed by atoms with Gasteiger partial charge in [0.05, 0.1) is 6.54 Å². The Hall–Kier alpha value is -1.02. The van der Waals surface area contributed by atoms with Gasteiger partial charge in [0, 0.05) is 19.7 Å². The first-order chi connectivity index (χ1) is 10.2. The number of nitrogens with zero attached hydrogens (tertiary/aromatic N) is 1. The highest BCUT2D eigenvalue weighted by Gasteiger charge is 2.01. The van der Waals surface area contributed by atoms with Gasteiger partial charge in [-0.2, -0.15) is 0 Å². The van der Waals surface area contributed by atoms with Crippen molar-refractivity contribution in [3.8, 4) is 5.75 Å². The van der Waals surface area contributed by atoms with Gasteiger partial charge in [0.25, 0.3) is 0 Å². The lowest BCUT2D eigenvalue weighted by Crippen LogP contribution is -2.39. The number of halogens is 1. The van der Waals surface area contributed by atoms with Crippen LogP contribution in [0, 0.1) is 12.8 Å². The van der Waals surface area contributed by atoms with Gasteiger partial charge in [-0.05, 0) is 31.9 Å². The Kier molecular flexibility index (Phi) is 11.9. The molecule has 0 aromatic heterocycles. The first-order valence-corrected chi connectivity index (χ1v) is 7.48. The second kappa shape index (κ2) is 12.5. The molecular formula is C16H28IN3O2. The minimum atomic E-state index is 0. The van der Waals surface area contributed by atoms with Crippen molar-refractivity contribution in [1.82, 2.24) is 10.6 Å². The summed E-state index contributed by atoms with van der Waals surface area (Å²) in [4.78, 5) is 4.42. The number of aryl methyl sites for hydroxylation is 1. The second-order valence-corrected chi connectivity index (χ2v) is 5.10. The number of aliphatic hydroxyl groups excluding tert-OH is 1. The molecule has 0 radical (unpaired) electrons. The molecule has 0 fully saturated rings. The number of aliphatic hydroxyl groups is 1. The monoisotopic (exact) mass is 421 g/mol. The number of aliphatic imine (C=N–C) groups is 1. The highest BCUT2D eigenvalue weighted by Crippen LogP contribution is 2.10. The van der Waals surface area contributed by atoms with Crippen LogP contribution in [0.15, 0.2) is 29.3 Å². The number of hydrogen-bond acceptors (Lipinski definition) is 3. The van der Waals surface area contributed by atoms with E-state index in [1.165, 1.54) is 5.56 Å². The van der Waals surface area contributed by atoms with Gasteiger partial charge >= 0.3 is 0 Å². The molecule has 0 bridgehead atoms. The molecule has 1 aromatic rings. The molecule has 6 heteroatoms. The standard InChI is InChI=1S/C16H27N3O2.HI/c1-4-17-16(19-11-14(3)12-20)18-9-10-21-15-7-5-13(2)6-8-15;/h5-8,14,20H,4,9-12H2,1-3H3,(H2,17,18,19);1H. The van der Waals surface area contributed by atoms with E-state index < -0.39 is 0 Å². The third kappa shape index (κ3) is 9.09. The van der Waals surface area contributed by atoms with E-state index in [0.29, 0.717) is 19.7 Å². The summed E-state index contributed by atoms with van der Waals surface area (Å²) in [5.41, 5.74) is 1.22. The molecule has 1 atom stereocenters. The van der Waals surface area contributed by atoms with Crippen LogP contribution in [0.5, 0.6) is 5.75 Å². The first-order valence-electron chi connectivity index (χ1n) is 7.48. The third-order valence-corrected chi connectivity index (χ3v) is 2.90. The molecule has 0 heterocycles. The van der Waals surface area contributed by atoms with E-state index in [2.05, 4.69) is 22.5 Å². The van der Waals surface area contributed by atoms with E-state index in [-0.39, 0.29) is 36.5 Å². The highest BCUT2D eigenvalue weighted by molar-refractivity contribution is 14.0. The second-order valence-electron chi connectivity index (χ2n) is 5.10. The molecule has 0 saturated heterocycles. The van der Waals surface area contributed by atoms with Crippen molar-refractivity contribution in [3.05, 3.63) is 29.8 Å². The van der Waals surface area contributed by atoms with Crippen molar-refractivity contribution >= 4 is 29.9 Å². The summed E-state index contributed by atoms with van der Waals surface area (Å²) in [6.07, 6.45) is 0. The summed E-state index contributed by atoms with van der Waals surface area (Å²) >= 11 is 0. The molecule has 0 saturated carbocycles.